The van der Waals surface area contributed by atoms with E-state index < -0.39 is 16.6 Å². The van der Waals surface area contributed by atoms with Crippen molar-refractivity contribution >= 4 is 16.6 Å². The summed E-state index contributed by atoms with van der Waals surface area (Å²) in [4.78, 5) is 0. The number of rotatable bonds is 10. The molecule has 1 rings (SSSR count). The van der Waals surface area contributed by atoms with Gasteiger partial charge in [0.15, 0.2) is 0 Å². The first-order valence-corrected chi connectivity index (χ1v) is 16.7. The fraction of sp³-hybridized carbons (Fsp3) is 0.800. The number of hydrogen-bond acceptors (Lipinski definition) is 2. The van der Waals surface area contributed by atoms with Gasteiger partial charge in [-0.1, -0.05) is 45.6 Å². The normalized spacial score (nSPS) is 19.3. The Hall–Kier alpha value is -0.486. The number of hydrogen-bond donors (Lipinski definition) is 0. The maximum absolute atomic E-state index is 6.65. The van der Waals surface area contributed by atoms with Gasteiger partial charge in [0, 0.05) is 5.92 Å². The molecule has 140 valence electrons. The fourth-order valence-electron chi connectivity index (χ4n) is 3.40. The zero-order valence-corrected chi connectivity index (χ0v) is 19.6. The molecule has 1 atom stereocenters. The van der Waals surface area contributed by atoms with Crippen LogP contribution in [0.5, 0.6) is 0 Å². The highest BCUT2D eigenvalue weighted by Crippen LogP contribution is 2.46. The summed E-state index contributed by atoms with van der Waals surface area (Å²) in [5.41, 5.74) is 3.09. The van der Waals surface area contributed by atoms with Crippen LogP contribution in [0, 0.1) is 5.92 Å². The molecule has 0 spiro atoms. The topological polar surface area (TPSA) is 18.5 Å². The molecule has 1 aliphatic rings. The van der Waals surface area contributed by atoms with E-state index in [4.69, 9.17) is 8.85 Å². The van der Waals surface area contributed by atoms with E-state index in [1.165, 1.54) is 43.4 Å². The molecule has 24 heavy (non-hydrogen) atoms. The Morgan fingerprint density at radius 3 is 1.71 bits per heavy atom. The Bertz CT molecular complexity index is 479. The molecule has 0 bridgehead atoms. The van der Waals surface area contributed by atoms with Crippen molar-refractivity contribution in [2.24, 2.45) is 5.92 Å². The average molecular weight is 369 g/mol. The van der Waals surface area contributed by atoms with E-state index in [1.54, 1.807) is 5.57 Å². The van der Waals surface area contributed by atoms with E-state index in [0.29, 0.717) is 5.92 Å². The molecule has 1 unspecified atom stereocenters. The quantitative estimate of drug-likeness (QED) is 0.379. The van der Waals surface area contributed by atoms with E-state index in [0.717, 1.165) is 12.2 Å². The second-order valence-corrected chi connectivity index (χ2v) is 17.8. The smallest absolute Gasteiger partial charge is 0.242 e. The largest absolute Gasteiger partial charge is 0.544 e. The van der Waals surface area contributed by atoms with Crippen LogP contribution in [-0.4, -0.2) is 16.6 Å². The first-order chi connectivity index (χ1) is 11.0. The van der Waals surface area contributed by atoms with Crippen LogP contribution in [0.3, 0.4) is 0 Å². The molecule has 1 aliphatic carbocycles. The monoisotopic (exact) mass is 368 g/mol. The highest BCUT2D eigenvalue weighted by Gasteiger charge is 2.38. The van der Waals surface area contributed by atoms with Gasteiger partial charge >= 0.3 is 0 Å². The molecule has 0 heterocycles. The molecule has 0 aliphatic heterocycles. The predicted molar refractivity (Wildman–Crippen MR) is 111 cm³/mol. The molecule has 4 heteroatoms. The molecule has 0 saturated carbocycles. The summed E-state index contributed by atoms with van der Waals surface area (Å²) >= 11 is 0. The average Bonchev–Trinajstić information content (AvgIpc) is 2.64. The summed E-state index contributed by atoms with van der Waals surface area (Å²) in [6.45, 7) is 20.5. The van der Waals surface area contributed by atoms with Gasteiger partial charge < -0.3 is 8.85 Å². The molecule has 0 saturated heterocycles. The van der Waals surface area contributed by atoms with Crippen LogP contribution >= 0.6 is 0 Å². The van der Waals surface area contributed by atoms with Gasteiger partial charge in [0.2, 0.25) is 16.6 Å². The minimum absolute atomic E-state index is 0.453. The summed E-state index contributed by atoms with van der Waals surface area (Å²) in [7, 11) is -3.34. The lowest BCUT2D eigenvalue weighted by atomic mass is 9.90. The van der Waals surface area contributed by atoms with E-state index in [9.17, 15) is 0 Å². The van der Waals surface area contributed by atoms with Crippen molar-refractivity contribution in [1.29, 1.82) is 0 Å². The fourth-order valence-corrected chi connectivity index (χ4v) is 5.13. The summed E-state index contributed by atoms with van der Waals surface area (Å²) in [5.74, 6) is 2.78. The maximum Gasteiger partial charge on any atom is 0.242 e. The van der Waals surface area contributed by atoms with E-state index in [1.807, 2.05) is 0 Å². The Morgan fingerprint density at radius 2 is 1.29 bits per heavy atom. The summed E-state index contributed by atoms with van der Waals surface area (Å²) in [6.07, 6.45) is 7.03. The van der Waals surface area contributed by atoms with Crippen LogP contribution in [0.15, 0.2) is 22.7 Å². The lowest BCUT2D eigenvalue weighted by molar-refractivity contribution is 0.313. The van der Waals surface area contributed by atoms with Gasteiger partial charge in [0.05, 0.1) is 0 Å². The van der Waals surface area contributed by atoms with Gasteiger partial charge in [-0.25, -0.2) is 0 Å². The second kappa shape index (κ2) is 8.75. The van der Waals surface area contributed by atoms with Gasteiger partial charge in [0.1, 0.15) is 11.5 Å². The summed E-state index contributed by atoms with van der Waals surface area (Å²) in [5, 5.41) is 0. The van der Waals surface area contributed by atoms with Crippen LogP contribution in [0.1, 0.15) is 59.3 Å². The molecule has 0 aromatic heterocycles. The SMILES string of the molecule is CCCC1=C(CCC)C(CCC)C(O[Si](C)(C)C)=C1O[Si](C)(C)C. The lowest BCUT2D eigenvalue weighted by Gasteiger charge is -2.29. The Kier molecular flexibility index (Phi) is 7.86. The van der Waals surface area contributed by atoms with Crippen LogP contribution in [-0.2, 0) is 8.85 Å². The predicted octanol–water partition coefficient (Wildman–Crippen LogP) is 7.23. The summed E-state index contributed by atoms with van der Waals surface area (Å²) in [6, 6.07) is 0. The van der Waals surface area contributed by atoms with Gasteiger partial charge in [-0.05, 0) is 64.1 Å². The van der Waals surface area contributed by atoms with Crippen molar-refractivity contribution in [2.75, 3.05) is 0 Å². The van der Waals surface area contributed by atoms with Crippen molar-refractivity contribution in [3.8, 4) is 0 Å². The standard InChI is InChI=1S/C20H40O2Si2/c1-10-13-16-17(14-11-2)19(21-23(4,5)6)20(18(16)15-12-3)22-24(7,8)9/h17H,10-15H2,1-9H3. The number of allylic oxidation sites excluding steroid dienone is 2. The van der Waals surface area contributed by atoms with Crippen molar-refractivity contribution in [2.45, 2.75) is 98.6 Å². The summed E-state index contributed by atoms with van der Waals surface area (Å²) < 4.78 is 13.3. The molecule has 2 nitrogen and oxygen atoms in total. The minimum atomic E-state index is -1.67. The highest BCUT2D eigenvalue weighted by atomic mass is 28.4. The van der Waals surface area contributed by atoms with Crippen LogP contribution in [0.2, 0.25) is 39.3 Å². The zero-order chi connectivity index (χ0) is 18.5. The van der Waals surface area contributed by atoms with Crippen molar-refractivity contribution < 1.29 is 8.85 Å². The van der Waals surface area contributed by atoms with E-state index in [-0.39, 0.29) is 0 Å². The van der Waals surface area contributed by atoms with Crippen molar-refractivity contribution in [3.05, 3.63) is 22.7 Å². The van der Waals surface area contributed by atoms with Crippen molar-refractivity contribution in [1.82, 2.24) is 0 Å². The minimum Gasteiger partial charge on any atom is -0.544 e. The molecule has 0 amide bonds. The lowest BCUT2D eigenvalue weighted by Crippen LogP contribution is -2.30. The van der Waals surface area contributed by atoms with Gasteiger partial charge in [0.25, 0.3) is 0 Å². The van der Waals surface area contributed by atoms with Crippen LogP contribution in [0.4, 0.5) is 0 Å². The Morgan fingerprint density at radius 1 is 0.750 bits per heavy atom. The Balaban J connectivity index is 3.43. The van der Waals surface area contributed by atoms with Gasteiger partial charge in [-0.3, -0.25) is 0 Å². The van der Waals surface area contributed by atoms with Crippen molar-refractivity contribution in [3.63, 3.8) is 0 Å². The van der Waals surface area contributed by atoms with E-state index in [2.05, 4.69) is 60.1 Å². The molecule has 0 radical (unpaired) electrons. The zero-order valence-electron chi connectivity index (χ0n) is 17.6. The molecule has 0 aromatic carbocycles. The molecule has 0 fully saturated rings. The van der Waals surface area contributed by atoms with Crippen LogP contribution < -0.4 is 0 Å². The third kappa shape index (κ3) is 6.10. The van der Waals surface area contributed by atoms with Gasteiger partial charge in [-0.2, -0.15) is 0 Å². The third-order valence-corrected chi connectivity index (χ3v) is 5.69. The molecular weight excluding hydrogens is 328 g/mol. The van der Waals surface area contributed by atoms with Crippen LogP contribution in [0.25, 0.3) is 0 Å². The second-order valence-electron chi connectivity index (χ2n) is 8.97. The first-order valence-electron chi connectivity index (χ1n) is 9.88. The Labute approximate surface area is 153 Å². The molecular formula is C20H40O2Si2. The maximum atomic E-state index is 6.65. The molecule has 0 N–H and O–H groups in total. The molecule has 0 aromatic rings. The highest BCUT2D eigenvalue weighted by molar-refractivity contribution is 6.70. The van der Waals surface area contributed by atoms with Gasteiger partial charge in [-0.15, -0.1) is 0 Å². The van der Waals surface area contributed by atoms with E-state index >= 15 is 0 Å². The first kappa shape index (κ1) is 21.6. The third-order valence-electron chi connectivity index (χ3n) is 4.04.